The molecule has 1 N–H and O–H groups in total. The number of Topliss-reactive ketones (excluding diaryl/α,β-unsaturated/α-hetero) is 1. The van der Waals surface area contributed by atoms with E-state index in [0.29, 0.717) is 0 Å². The number of nitrogens with zero attached hydrogens (tertiary/aromatic N) is 1. The average molecular weight is 256 g/mol. The Morgan fingerprint density at radius 1 is 1.22 bits per heavy atom. The minimum absolute atomic E-state index is 0.0597. The van der Waals surface area contributed by atoms with E-state index in [0.717, 1.165) is 0 Å². The molecule has 18 heavy (non-hydrogen) atoms. The van der Waals surface area contributed by atoms with E-state index in [1.807, 2.05) is 0 Å². The smallest absolute Gasteiger partial charge is 0.307 e. The molecule has 0 bridgehead atoms. The first-order chi connectivity index (χ1) is 8.24. The third-order valence-corrected chi connectivity index (χ3v) is 3.84. The third-order valence-electron chi connectivity index (χ3n) is 3.84. The van der Waals surface area contributed by atoms with E-state index in [1.165, 1.54) is 4.90 Å². The van der Waals surface area contributed by atoms with E-state index in [2.05, 4.69) is 5.32 Å². The number of rotatable bonds is 2. The quantitative estimate of drug-likeness (QED) is 0.754. The van der Waals surface area contributed by atoms with Crippen LogP contribution in [0.4, 0.5) is 9.18 Å². The van der Waals surface area contributed by atoms with Gasteiger partial charge in [0.2, 0.25) is 0 Å². The number of amides is 3. The number of hydrogen-bond donors (Lipinski definition) is 1. The van der Waals surface area contributed by atoms with Gasteiger partial charge >= 0.3 is 6.03 Å². The molecule has 2 rings (SSSR count). The Labute approximate surface area is 105 Å². The summed E-state index contributed by atoms with van der Waals surface area (Å²) in [4.78, 5) is 35.6. The van der Waals surface area contributed by atoms with Gasteiger partial charge < -0.3 is 4.90 Å². The highest BCUT2D eigenvalue weighted by Crippen LogP contribution is 2.34. The highest BCUT2D eigenvalue weighted by Gasteiger charge is 2.49. The van der Waals surface area contributed by atoms with Crippen molar-refractivity contribution in [1.29, 1.82) is 0 Å². The molecule has 1 heterocycles. The molecule has 1 aliphatic carbocycles. The van der Waals surface area contributed by atoms with E-state index >= 15 is 0 Å². The molecule has 100 valence electrons. The number of alkyl halides is 1. The van der Waals surface area contributed by atoms with Crippen molar-refractivity contribution in [2.24, 2.45) is 0 Å². The van der Waals surface area contributed by atoms with Gasteiger partial charge in [0.05, 0.1) is 6.54 Å². The Hall–Kier alpha value is -1.46. The summed E-state index contributed by atoms with van der Waals surface area (Å²) in [6.07, 6.45) is 0.667. The van der Waals surface area contributed by atoms with Crippen molar-refractivity contribution in [3.05, 3.63) is 0 Å². The monoisotopic (exact) mass is 256 g/mol. The maximum absolute atomic E-state index is 14.6. The molecule has 1 aliphatic heterocycles. The number of ketones is 1. The lowest BCUT2D eigenvalue weighted by atomic mass is 9.84. The maximum atomic E-state index is 14.6. The summed E-state index contributed by atoms with van der Waals surface area (Å²) in [5.41, 5.74) is -2.59. The minimum atomic E-state index is -1.56. The normalized spacial score (nSPS) is 26.4. The summed E-state index contributed by atoms with van der Waals surface area (Å²) < 4.78 is 14.6. The van der Waals surface area contributed by atoms with Crippen molar-refractivity contribution in [3.8, 4) is 0 Å². The fourth-order valence-electron chi connectivity index (χ4n) is 2.38. The number of carbonyl (C=O) groups excluding carboxylic acids is 3. The molecule has 0 atom stereocenters. The van der Waals surface area contributed by atoms with Gasteiger partial charge in [-0.15, -0.1) is 0 Å². The van der Waals surface area contributed by atoms with Crippen LogP contribution in [0.5, 0.6) is 0 Å². The number of halogens is 1. The van der Waals surface area contributed by atoms with Gasteiger partial charge in [-0.05, 0) is 26.7 Å². The first-order valence-corrected chi connectivity index (χ1v) is 6.08. The van der Waals surface area contributed by atoms with E-state index in [-0.39, 0.29) is 38.0 Å². The van der Waals surface area contributed by atoms with E-state index < -0.39 is 23.1 Å². The summed E-state index contributed by atoms with van der Waals surface area (Å²) in [5, 5.41) is 2.19. The zero-order valence-corrected chi connectivity index (χ0v) is 10.6. The van der Waals surface area contributed by atoms with Crippen molar-refractivity contribution >= 4 is 17.7 Å². The Balaban J connectivity index is 2.11. The molecule has 0 unspecified atom stereocenters. The third kappa shape index (κ3) is 2.11. The number of imide groups is 1. The van der Waals surface area contributed by atoms with Gasteiger partial charge in [0.15, 0.2) is 0 Å². The molecule has 0 radical (unpaired) electrons. The summed E-state index contributed by atoms with van der Waals surface area (Å²) in [6, 6.07) is -0.557. The van der Waals surface area contributed by atoms with Crippen LogP contribution in [0.25, 0.3) is 0 Å². The van der Waals surface area contributed by atoms with Crippen LogP contribution in [0.15, 0.2) is 0 Å². The van der Waals surface area contributed by atoms with Gasteiger partial charge in [0, 0.05) is 12.8 Å². The molecule has 0 aromatic rings. The number of urea groups is 1. The first-order valence-electron chi connectivity index (χ1n) is 6.08. The van der Waals surface area contributed by atoms with Crippen LogP contribution in [0.1, 0.15) is 39.5 Å². The molecule has 5 nitrogen and oxygen atoms in total. The fraction of sp³-hybridized carbons (Fsp3) is 0.750. The summed E-state index contributed by atoms with van der Waals surface area (Å²) in [5.74, 6) is -0.354. The molecule has 0 aromatic heterocycles. The topological polar surface area (TPSA) is 66.5 Å². The Morgan fingerprint density at radius 3 is 2.22 bits per heavy atom. The number of hydrogen-bond acceptors (Lipinski definition) is 3. The Kier molecular flexibility index (Phi) is 2.91. The largest absolute Gasteiger partial charge is 0.325 e. The van der Waals surface area contributed by atoms with Crippen LogP contribution in [-0.2, 0) is 9.59 Å². The Morgan fingerprint density at radius 2 is 1.78 bits per heavy atom. The van der Waals surface area contributed by atoms with Gasteiger partial charge in [-0.2, -0.15) is 0 Å². The zero-order chi connectivity index (χ0) is 13.6. The van der Waals surface area contributed by atoms with Crippen molar-refractivity contribution in [2.45, 2.75) is 50.7 Å². The SMILES string of the molecule is CC1(C)C(=O)NC(=O)N1CC1(F)CCC(=O)CC1. The zero-order valence-electron chi connectivity index (χ0n) is 10.6. The van der Waals surface area contributed by atoms with Crippen molar-refractivity contribution < 1.29 is 18.8 Å². The first kappa shape index (κ1) is 13.0. The predicted octanol–water partition coefficient (Wildman–Crippen LogP) is 1.17. The van der Waals surface area contributed by atoms with Crippen LogP contribution in [0.2, 0.25) is 0 Å². The highest BCUT2D eigenvalue weighted by atomic mass is 19.1. The van der Waals surface area contributed by atoms with Gasteiger partial charge in [-0.25, -0.2) is 9.18 Å². The number of carbonyl (C=O) groups is 3. The van der Waals surface area contributed by atoms with Crippen LogP contribution in [0.3, 0.4) is 0 Å². The van der Waals surface area contributed by atoms with E-state index in [9.17, 15) is 18.8 Å². The van der Waals surface area contributed by atoms with Gasteiger partial charge in [-0.3, -0.25) is 14.9 Å². The molecule has 1 saturated heterocycles. The van der Waals surface area contributed by atoms with Gasteiger partial charge in [0.1, 0.15) is 17.0 Å². The van der Waals surface area contributed by atoms with Crippen LogP contribution < -0.4 is 5.32 Å². The van der Waals surface area contributed by atoms with E-state index in [1.54, 1.807) is 13.8 Å². The second kappa shape index (κ2) is 4.03. The fourth-order valence-corrected chi connectivity index (χ4v) is 2.38. The molecular weight excluding hydrogens is 239 g/mol. The maximum Gasteiger partial charge on any atom is 0.325 e. The molecule has 2 fully saturated rings. The van der Waals surface area contributed by atoms with Crippen LogP contribution >= 0.6 is 0 Å². The summed E-state index contributed by atoms with van der Waals surface area (Å²) in [6.45, 7) is 3.04. The average Bonchev–Trinajstić information content (AvgIpc) is 2.47. The summed E-state index contributed by atoms with van der Waals surface area (Å²) >= 11 is 0. The summed E-state index contributed by atoms with van der Waals surface area (Å²) in [7, 11) is 0. The molecule has 3 amide bonds. The molecule has 0 spiro atoms. The lowest BCUT2D eigenvalue weighted by Crippen LogP contribution is -2.51. The standard InChI is InChI=1S/C12H17FN2O3/c1-11(2)9(17)14-10(18)15(11)7-12(13)5-3-8(16)4-6-12/h3-7H2,1-2H3,(H,14,17,18). The molecule has 1 saturated carbocycles. The molecule has 2 aliphatic rings. The van der Waals surface area contributed by atoms with Crippen molar-refractivity contribution in [1.82, 2.24) is 10.2 Å². The van der Waals surface area contributed by atoms with Gasteiger partial charge in [0.25, 0.3) is 5.91 Å². The van der Waals surface area contributed by atoms with Crippen molar-refractivity contribution in [2.75, 3.05) is 6.54 Å². The second-order valence-corrected chi connectivity index (χ2v) is 5.59. The van der Waals surface area contributed by atoms with Crippen LogP contribution in [0, 0.1) is 0 Å². The predicted molar refractivity (Wildman–Crippen MR) is 61.6 cm³/mol. The minimum Gasteiger partial charge on any atom is -0.307 e. The lowest BCUT2D eigenvalue weighted by Gasteiger charge is -2.36. The number of nitrogens with one attached hydrogen (secondary N) is 1. The lowest BCUT2D eigenvalue weighted by molar-refractivity contribution is -0.127. The van der Waals surface area contributed by atoms with E-state index in [4.69, 9.17) is 0 Å². The second-order valence-electron chi connectivity index (χ2n) is 5.59. The molecule has 6 heteroatoms. The van der Waals surface area contributed by atoms with Crippen LogP contribution in [-0.4, -0.2) is 40.4 Å². The highest BCUT2D eigenvalue weighted by molar-refractivity contribution is 6.06. The Bertz CT molecular complexity index is 410. The molecule has 0 aromatic carbocycles. The molecular formula is C12H17FN2O3. The van der Waals surface area contributed by atoms with Crippen molar-refractivity contribution in [3.63, 3.8) is 0 Å². The van der Waals surface area contributed by atoms with Gasteiger partial charge in [-0.1, -0.05) is 0 Å².